The number of benzene rings is 2. The normalized spacial score (nSPS) is 18.2. The lowest BCUT2D eigenvalue weighted by molar-refractivity contribution is 0.0964. The van der Waals surface area contributed by atoms with Crippen LogP contribution in [0.3, 0.4) is 0 Å². The molecule has 0 spiro atoms. The summed E-state index contributed by atoms with van der Waals surface area (Å²) in [7, 11) is 1.63. The maximum atomic E-state index is 13.1. The molecule has 4 heteroatoms. The van der Waals surface area contributed by atoms with Crippen molar-refractivity contribution < 1.29 is 9.53 Å². The van der Waals surface area contributed by atoms with Crippen LogP contribution in [0.1, 0.15) is 41.6 Å². The summed E-state index contributed by atoms with van der Waals surface area (Å²) in [5.41, 5.74) is 2.86. The van der Waals surface area contributed by atoms with Gasteiger partial charge in [0.2, 0.25) is 0 Å². The Morgan fingerprint density at radius 1 is 1.19 bits per heavy atom. The summed E-state index contributed by atoms with van der Waals surface area (Å²) in [6, 6.07) is 15.9. The number of hydrogen-bond acceptors (Lipinski definition) is 3. The molecule has 2 heterocycles. The van der Waals surface area contributed by atoms with E-state index in [2.05, 4.69) is 18.3 Å². The van der Waals surface area contributed by atoms with E-state index < -0.39 is 0 Å². The SMILES string of the molecule is COc1ccc(C(=O)n2cc(C(C)C3CCCN3)c3ccccc32)cc1. The number of aromatic nitrogens is 1. The predicted molar refractivity (Wildman–Crippen MR) is 104 cm³/mol. The highest BCUT2D eigenvalue weighted by Gasteiger charge is 2.26. The number of methoxy groups -OCH3 is 1. The number of fused-ring (bicyclic) bond motifs is 1. The fraction of sp³-hybridized carbons (Fsp3) is 0.318. The molecule has 1 aliphatic heterocycles. The first-order chi connectivity index (χ1) is 12.7. The molecule has 4 nitrogen and oxygen atoms in total. The van der Waals surface area contributed by atoms with Crippen LogP contribution in [0.2, 0.25) is 0 Å². The van der Waals surface area contributed by atoms with E-state index in [4.69, 9.17) is 4.74 Å². The number of nitrogens with one attached hydrogen (secondary N) is 1. The predicted octanol–water partition coefficient (Wildman–Crippen LogP) is 4.19. The van der Waals surface area contributed by atoms with Crippen molar-refractivity contribution in [3.8, 4) is 5.75 Å². The standard InChI is InChI=1S/C22H24N2O2/c1-15(20-7-5-13-23-20)19-14-24(21-8-4-3-6-18(19)21)22(25)16-9-11-17(26-2)12-10-16/h3-4,6,8-12,14-15,20,23H,5,7,13H2,1-2H3. The number of carbonyl (C=O) groups excluding carboxylic acids is 1. The molecule has 134 valence electrons. The number of nitrogens with zero attached hydrogens (tertiary/aromatic N) is 1. The third kappa shape index (κ3) is 2.90. The first-order valence-corrected chi connectivity index (χ1v) is 9.21. The van der Waals surface area contributed by atoms with E-state index in [0.29, 0.717) is 17.5 Å². The third-order valence-corrected chi connectivity index (χ3v) is 5.49. The van der Waals surface area contributed by atoms with Gasteiger partial charge in [0.15, 0.2) is 0 Å². The van der Waals surface area contributed by atoms with E-state index in [1.54, 1.807) is 11.7 Å². The van der Waals surface area contributed by atoms with E-state index in [1.807, 2.05) is 48.7 Å². The highest BCUT2D eigenvalue weighted by molar-refractivity contribution is 6.03. The Hall–Kier alpha value is -2.59. The van der Waals surface area contributed by atoms with Crippen LogP contribution >= 0.6 is 0 Å². The van der Waals surface area contributed by atoms with Crippen molar-refractivity contribution in [2.24, 2.45) is 0 Å². The van der Waals surface area contributed by atoms with Gasteiger partial charge in [-0.1, -0.05) is 25.1 Å². The minimum atomic E-state index is -0.0123. The molecule has 0 aliphatic carbocycles. The fourth-order valence-electron chi connectivity index (χ4n) is 3.96. The van der Waals surface area contributed by atoms with E-state index in [0.717, 1.165) is 23.2 Å². The summed E-state index contributed by atoms with van der Waals surface area (Å²) in [6.07, 6.45) is 4.44. The third-order valence-electron chi connectivity index (χ3n) is 5.49. The highest BCUT2D eigenvalue weighted by atomic mass is 16.5. The van der Waals surface area contributed by atoms with E-state index in [9.17, 15) is 4.79 Å². The van der Waals surface area contributed by atoms with E-state index in [1.165, 1.54) is 18.4 Å². The Balaban J connectivity index is 1.76. The summed E-state index contributed by atoms with van der Waals surface area (Å²) in [5, 5.41) is 4.76. The Kier molecular flexibility index (Phi) is 4.51. The summed E-state index contributed by atoms with van der Waals surface area (Å²) in [6.45, 7) is 3.34. The lowest BCUT2D eigenvalue weighted by atomic mass is 9.92. The Morgan fingerprint density at radius 2 is 1.96 bits per heavy atom. The first kappa shape index (κ1) is 16.9. The van der Waals surface area contributed by atoms with Crippen LogP contribution < -0.4 is 10.1 Å². The highest BCUT2D eigenvalue weighted by Crippen LogP contribution is 2.32. The molecule has 1 fully saturated rings. The largest absolute Gasteiger partial charge is 0.497 e. The second-order valence-electron chi connectivity index (χ2n) is 7.00. The zero-order valence-corrected chi connectivity index (χ0v) is 15.2. The first-order valence-electron chi connectivity index (χ1n) is 9.21. The molecule has 2 atom stereocenters. The van der Waals surface area contributed by atoms with Gasteiger partial charge in [-0.15, -0.1) is 0 Å². The average Bonchev–Trinajstić information content (AvgIpc) is 3.35. The summed E-state index contributed by atoms with van der Waals surface area (Å²) >= 11 is 0. The van der Waals surface area contributed by atoms with Gasteiger partial charge in [0, 0.05) is 23.2 Å². The van der Waals surface area contributed by atoms with Gasteiger partial charge in [0.1, 0.15) is 5.75 Å². The topological polar surface area (TPSA) is 43.3 Å². The number of rotatable bonds is 4. The van der Waals surface area contributed by atoms with Gasteiger partial charge in [-0.2, -0.15) is 0 Å². The lowest BCUT2D eigenvalue weighted by Gasteiger charge is -2.18. The van der Waals surface area contributed by atoms with Gasteiger partial charge in [-0.05, 0) is 61.2 Å². The van der Waals surface area contributed by atoms with Gasteiger partial charge in [-0.25, -0.2) is 0 Å². The fourth-order valence-corrected chi connectivity index (χ4v) is 3.96. The molecule has 0 radical (unpaired) electrons. The van der Waals surface area contributed by atoms with Gasteiger partial charge < -0.3 is 10.1 Å². The molecule has 0 bridgehead atoms. The smallest absolute Gasteiger partial charge is 0.262 e. The minimum Gasteiger partial charge on any atom is -0.497 e. The number of ether oxygens (including phenoxy) is 1. The molecule has 2 unspecified atom stereocenters. The second-order valence-corrected chi connectivity index (χ2v) is 7.00. The zero-order valence-electron chi connectivity index (χ0n) is 15.2. The lowest BCUT2D eigenvalue weighted by Crippen LogP contribution is -2.27. The molecular weight excluding hydrogens is 324 g/mol. The molecule has 3 aromatic rings. The van der Waals surface area contributed by atoms with Gasteiger partial charge >= 0.3 is 0 Å². The minimum absolute atomic E-state index is 0.0123. The molecular formula is C22H24N2O2. The van der Waals surface area contributed by atoms with Crippen LogP contribution in [0.25, 0.3) is 10.9 Å². The molecule has 1 saturated heterocycles. The van der Waals surface area contributed by atoms with Crippen LogP contribution in [0.15, 0.2) is 54.7 Å². The van der Waals surface area contributed by atoms with Crippen molar-refractivity contribution in [2.45, 2.75) is 31.7 Å². The van der Waals surface area contributed by atoms with Crippen molar-refractivity contribution in [3.05, 3.63) is 65.9 Å². The van der Waals surface area contributed by atoms with Gasteiger partial charge in [0.05, 0.1) is 12.6 Å². The monoisotopic (exact) mass is 348 g/mol. The molecule has 2 aromatic carbocycles. The molecule has 1 N–H and O–H groups in total. The summed E-state index contributed by atoms with van der Waals surface area (Å²) in [5.74, 6) is 1.11. The quantitative estimate of drug-likeness (QED) is 0.769. The maximum Gasteiger partial charge on any atom is 0.262 e. The van der Waals surface area contributed by atoms with Crippen molar-refractivity contribution in [1.29, 1.82) is 0 Å². The number of hydrogen-bond donors (Lipinski definition) is 1. The van der Waals surface area contributed by atoms with E-state index >= 15 is 0 Å². The Morgan fingerprint density at radius 3 is 2.65 bits per heavy atom. The van der Waals surface area contributed by atoms with Crippen LogP contribution in [-0.4, -0.2) is 30.2 Å². The summed E-state index contributed by atoms with van der Waals surface area (Å²) in [4.78, 5) is 13.1. The van der Waals surface area contributed by atoms with Crippen molar-refractivity contribution in [2.75, 3.05) is 13.7 Å². The van der Waals surface area contributed by atoms with Gasteiger partial charge in [0.25, 0.3) is 5.91 Å². The Labute approximate surface area is 153 Å². The summed E-state index contributed by atoms with van der Waals surface area (Å²) < 4.78 is 6.98. The molecule has 26 heavy (non-hydrogen) atoms. The van der Waals surface area contributed by atoms with Crippen LogP contribution in [0.4, 0.5) is 0 Å². The molecule has 4 rings (SSSR count). The van der Waals surface area contributed by atoms with Crippen molar-refractivity contribution in [3.63, 3.8) is 0 Å². The van der Waals surface area contributed by atoms with E-state index in [-0.39, 0.29) is 5.91 Å². The van der Waals surface area contributed by atoms with Crippen molar-refractivity contribution >= 4 is 16.8 Å². The van der Waals surface area contributed by atoms with Gasteiger partial charge in [-0.3, -0.25) is 9.36 Å². The van der Waals surface area contributed by atoms with Crippen LogP contribution in [-0.2, 0) is 0 Å². The number of carbonyl (C=O) groups is 1. The molecule has 0 amide bonds. The van der Waals surface area contributed by atoms with Crippen LogP contribution in [0.5, 0.6) is 5.75 Å². The van der Waals surface area contributed by atoms with Crippen LogP contribution in [0, 0.1) is 0 Å². The molecule has 1 aliphatic rings. The maximum absolute atomic E-state index is 13.1. The average molecular weight is 348 g/mol. The van der Waals surface area contributed by atoms with Crippen molar-refractivity contribution in [1.82, 2.24) is 9.88 Å². The zero-order chi connectivity index (χ0) is 18.1. The molecule has 1 aromatic heterocycles. The molecule has 0 saturated carbocycles. The second kappa shape index (κ2) is 6.96. The number of para-hydroxylation sites is 1. The Bertz CT molecular complexity index is 921.